The van der Waals surface area contributed by atoms with E-state index >= 15 is 0 Å². The molecular weight excluding hydrogens is 210 g/mol. The maximum absolute atomic E-state index is 9.76. The van der Waals surface area contributed by atoms with Gasteiger partial charge in [0.15, 0.2) is 0 Å². The van der Waals surface area contributed by atoms with Gasteiger partial charge in [0.2, 0.25) is 0 Å². The molecule has 80 valence electrons. The van der Waals surface area contributed by atoms with Gasteiger partial charge < -0.3 is 10.4 Å². The average Bonchev–Trinajstić information content (AvgIpc) is 2.90. The van der Waals surface area contributed by atoms with Gasteiger partial charge in [0, 0.05) is 25.0 Å². The van der Waals surface area contributed by atoms with Gasteiger partial charge in [0.25, 0.3) is 0 Å². The first kappa shape index (κ1) is 10.4. The monoisotopic (exact) mass is 223 g/mol. The fraction of sp³-hybridized carbons (Fsp3) is 0.300. The van der Waals surface area contributed by atoms with Crippen molar-refractivity contribution in [3.05, 3.63) is 40.3 Å². The van der Waals surface area contributed by atoms with Gasteiger partial charge in [-0.05, 0) is 28.5 Å². The van der Waals surface area contributed by atoms with Crippen molar-refractivity contribution in [1.29, 1.82) is 0 Å². The van der Waals surface area contributed by atoms with Crippen LogP contribution in [0.1, 0.15) is 17.4 Å². The summed E-state index contributed by atoms with van der Waals surface area (Å²) >= 11 is 1.60. The minimum absolute atomic E-state index is 0.431. The van der Waals surface area contributed by atoms with E-state index in [1.54, 1.807) is 17.5 Å². The molecule has 0 bridgehead atoms. The fourth-order valence-electron chi connectivity index (χ4n) is 1.31. The number of aromatic amines is 1. The highest BCUT2D eigenvalue weighted by molar-refractivity contribution is 7.07. The second-order valence-corrected chi connectivity index (χ2v) is 4.07. The standard InChI is InChI=1S/C10H13N3OS/c14-10(8-2-4-15-7-8)6-11-5-9-1-3-12-13-9/h1-4,7,10-11,14H,5-6H2,(H,12,13). The summed E-state index contributed by atoms with van der Waals surface area (Å²) < 4.78 is 0. The lowest BCUT2D eigenvalue weighted by atomic mass is 10.2. The number of hydrogen-bond donors (Lipinski definition) is 3. The van der Waals surface area contributed by atoms with E-state index in [0.717, 1.165) is 11.3 Å². The molecule has 2 aromatic rings. The van der Waals surface area contributed by atoms with Crippen LogP contribution in [-0.2, 0) is 6.54 Å². The first-order chi connectivity index (χ1) is 7.36. The molecule has 0 aliphatic rings. The molecule has 0 aromatic carbocycles. The molecule has 1 unspecified atom stereocenters. The Morgan fingerprint density at radius 2 is 2.47 bits per heavy atom. The predicted molar refractivity (Wildman–Crippen MR) is 59.6 cm³/mol. The van der Waals surface area contributed by atoms with Crippen LogP contribution in [-0.4, -0.2) is 21.8 Å². The van der Waals surface area contributed by atoms with Gasteiger partial charge in [0.1, 0.15) is 0 Å². The van der Waals surface area contributed by atoms with E-state index in [4.69, 9.17) is 0 Å². The van der Waals surface area contributed by atoms with Crippen molar-refractivity contribution in [2.45, 2.75) is 12.6 Å². The summed E-state index contributed by atoms with van der Waals surface area (Å²) in [6.45, 7) is 1.25. The second-order valence-electron chi connectivity index (χ2n) is 3.29. The molecule has 0 saturated heterocycles. The number of rotatable bonds is 5. The first-order valence-corrected chi connectivity index (χ1v) is 5.69. The molecule has 2 aromatic heterocycles. The van der Waals surface area contributed by atoms with Crippen molar-refractivity contribution in [3.63, 3.8) is 0 Å². The van der Waals surface area contributed by atoms with Gasteiger partial charge in [-0.15, -0.1) is 0 Å². The number of thiophene rings is 1. The van der Waals surface area contributed by atoms with Gasteiger partial charge in [-0.25, -0.2) is 0 Å². The number of aliphatic hydroxyl groups excluding tert-OH is 1. The fourth-order valence-corrected chi connectivity index (χ4v) is 2.02. The zero-order valence-electron chi connectivity index (χ0n) is 8.18. The molecule has 0 spiro atoms. The summed E-state index contributed by atoms with van der Waals surface area (Å²) in [4.78, 5) is 0. The van der Waals surface area contributed by atoms with Crippen molar-refractivity contribution in [1.82, 2.24) is 15.5 Å². The molecule has 0 aliphatic heterocycles. The Morgan fingerprint density at radius 3 is 3.13 bits per heavy atom. The van der Waals surface area contributed by atoms with Crippen LogP contribution in [0.2, 0.25) is 0 Å². The Balaban J connectivity index is 1.74. The van der Waals surface area contributed by atoms with E-state index in [2.05, 4.69) is 15.5 Å². The maximum Gasteiger partial charge on any atom is 0.0922 e. The summed E-state index contributed by atoms with van der Waals surface area (Å²) in [5, 5.41) is 23.5. The van der Waals surface area contributed by atoms with Gasteiger partial charge in [-0.3, -0.25) is 5.10 Å². The molecule has 3 N–H and O–H groups in total. The summed E-state index contributed by atoms with van der Waals surface area (Å²) in [7, 11) is 0. The zero-order chi connectivity index (χ0) is 10.5. The number of aliphatic hydroxyl groups is 1. The van der Waals surface area contributed by atoms with Crippen LogP contribution in [0.5, 0.6) is 0 Å². The van der Waals surface area contributed by atoms with Crippen LogP contribution in [0.4, 0.5) is 0 Å². The van der Waals surface area contributed by atoms with Crippen LogP contribution < -0.4 is 5.32 Å². The van der Waals surface area contributed by atoms with Gasteiger partial charge in [0.05, 0.1) is 6.10 Å². The average molecular weight is 223 g/mol. The number of nitrogens with zero attached hydrogens (tertiary/aromatic N) is 1. The van der Waals surface area contributed by atoms with Crippen molar-refractivity contribution >= 4 is 11.3 Å². The Kier molecular flexibility index (Phi) is 3.49. The van der Waals surface area contributed by atoms with Gasteiger partial charge >= 0.3 is 0 Å². The second kappa shape index (κ2) is 5.06. The largest absolute Gasteiger partial charge is 0.387 e. The smallest absolute Gasteiger partial charge is 0.0922 e. The summed E-state index contributed by atoms with van der Waals surface area (Å²) in [6.07, 6.45) is 1.28. The minimum Gasteiger partial charge on any atom is -0.387 e. The molecule has 0 radical (unpaired) electrons. The van der Waals surface area contributed by atoms with E-state index in [-0.39, 0.29) is 0 Å². The van der Waals surface area contributed by atoms with E-state index in [1.165, 1.54) is 0 Å². The molecule has 5 heteroatoms. The zero-order valence-corrected chi connectivity index (χ0v) is 9.00. The van der Waals surface area contributed by atoms with E-state index < -0.39 is 6.10 Å². The Labute approximate surface area is 92.0 Å². The van der Waals surface area contributed by atoms with Crippen LogP contribution in [0.25, 0.3) is 0 Å². The lowest BCUT2D eigenvalue weighted by molar-refractivity contribution is 0.174. The predicted octanol–water partition coefficient (Wildman–Crippen LogP) is 1.29. The topological polar surface area (TPSA) is 60.9 Å². The van der Waals surface area contributed by atoms with Crippen LogP contribution >= 0.6 is 11.3 Å². The number of aromatic nitrogens is 2. The number of nitrogens with one attached hydrogen (secondary N) is 2. The van der Waals surface area contributed by atoms with Gasteiger partial charge in [-0.2, -0.15) is 16.4 Å². The van der Waals surface area contributed by atoms with Crippen LogP contribution in [0.3, 0.4) is 0 Å². The third kappa shape index (κ3) is 2.89. The molecule has 2 heterocycles. The van der Waals surface area contributed by atoms with E-state index in [0.29, 0.717) is 13.1 Å². The highest BCUT2D eigenvalue weighted by Crippen LogP contribution is 2.14. The third-order valence-electron chi connectivity index (χ3n) is 2.14. The highest BCUT2D eigenvalue weighted by Gasteiger charge is 2.06. The molecule has 0 saturated carbocycles. The first-order valence-electron chi connectivity index (χ1n) is 4.75. The normalized spacial score (nSPS) is 12.9. The minimum atomic E-state index is -0.431. The summed E-state index contributed by atoms with van der Waals surface area (Å²) in [5.41, 5.74) is 1.99. The quantitative estimate of drug-likeness (QED) is 0.716. The molecule has 0 aliphatic carbocycles. The van der Waals surface area contributed by atoms with Crippen molar-refractivity contribution in [2.24, 2.45) is 0 Å². The Bertz CT molecular complexity index is 371. The molecule has 0 fully saturated rings. The molecule has 1 atom stereocenters. The van der Waals surface area contributed by atoms with Crippen molar-refractivity contribution in [2.75, 3.05) is 6.54 Å². The van der Waals surface area contributed by atoms with Crippen molar-refractivity contribution < 1.29 is 5.11 Å². The number of hydrogen-bond acceptors (Lipinski definition) is 4. The number of H-pyrrole nitrogens is 1. The summed E-state index contributed by atoms with van der Waals surface area (Å²) in [6, 6.07) is 3.84. The SMILES string of the molecule is OC(CNCc1ccn[nH]1)c1ccsc1. The lowest BCUT2D eigenvalue weighted by Gasteiger charge is -2.09. The van der Waals surface area contributed by atoms with E-state index in [1.807, 2.05) is 22.9 Å². The Hall–Kier alpha value is -1.17. The molecule has 4 nitrogen and oxygen atoms in total. The highest BCUT2D eigenvalue weighted by atomic mass is 32.1. The molecular formula is C10H13N3OS. The molecule has 15 heavy (non-hydrogen) atoms. The third-order valence-corrected chi connectivity index (χ3v) is 2.84. The lowest BCUT2D eigenvalue weighted by Crippen LogP contribution is -2.20. The van der Waals surface area contributed by atoms with Gasteiger partial charge in [-0.1, -0.05) is 0 Å². The molecule has 2 rings (SSSR count). The summed E-state index contributed by atoms with van der Waals surface area (Å²) in [5.74, 6) is 0. The van der Waals surface area contributed by atoms with Crippen LogP contribution in [0.15, 0.2) is 29.1 Å². The Morgan fingerprint density at radius 1 is 1.53 bits per heavy atom. The molecule has 0 amide bonds. The van der Waals surface area contributed by atoms with E-state index in [9.17, 15) is 5.11 Å². The van der Waals surface area contributed by atoms with Crippen molar-refractivity contribution in [3.8, 4) is 0 Å². The maximum atomic E-state index is 9.76. The van der Waals surface area contributed by atoms with Crippen LogP contribution in [0, 0.1) is 0 Å².